The molecule has 1 N–H and O–H groups in total. The Kier molecular flexibility index (Phi) is 3.56. The minimum absolute atomic E-state index is 0.215. The van der Waals surface area contributed by atoms with E-state index in [4.69, 9.17) is 0 Å². The van der Waals surface area contributed by atoms with Gasteiger partial charge in [-0.05, 0) is 56.8 Å². The van der Waals surface area contributed by atoms with E-state index >= 15 is 0 Å². The molecule has 6 aliphatic rings. The molecule has 3 saturated heterocycles. The topological polar surface area (TPSA) is 64.1 Å². The van der Waals surface area contributed by atoms with Gasteiger partial charge < -0.3 is 14.9 Å². The molecule has 6 fully saturated rings. The monoisotopic (exact) mass is 347 g/mol. The first-order valence-corrected chi connectivity index (χ1v) is 10.1. The molecule has 138 valence electrons. The summed E-state index contributed by atoms with van der Waals surface area (Å²) in [5.41, 5.74) is 0. The highest BCUT2D eigenvalue weighted by atomic mass is 16.4. The van der Waals surface area contributed by atoms with Gasteiger partial charge in [0.1, 0.15) is 0 Å². The second kappa shape index (κ2) is 5.60. The number of likely N-dealkylation sites (tertiary alicyclic amines) is 1. The second-order valence-electron chi connectivity index (χ2n) is 8.89. The highest BCUT2D eigenvalue weighted by Gasteiger charge is 2.62. The van der Waals surface area contributed by atoms with Crippen molar-refractivity contribution in [1.29, 1.82) is 0 Å². The van der Waals surface area contributed by atoms with E-state index < -0.39 is 6.09 Å². The number of rotatable bonds is 4. The van der Waals surface area contributed by atoms with E-state index in [0.29, 0.717) is 42.3 Å². The summed E-state index contributed by atoms with van der Waals surface area (Å²) in [4.78, 5) is 30.6. The van der Waals surface area contributed by atoms with Crippen molar-refractivity contribution in [2.75, 3.05) is 26.2 Å². The van der Waals surface area contributed by atoms with E-state index in [1.54, 1.807) is 4.90 Å². The number of carbonyl (C=O) groups is 2. The fourth-order valence-corrected chi connectivity index (χ4v) is 6.13. The third kappa shape index (κ3) is 2.47. The molecule has 2 bridgehead atoms. The Morgan fingerprint density at radius 1 is 1.08 bits per heavy atom. The van der Waals surface area contributed by atoms with Crippen molar-refractivity contribution in [2.45, 2.75) is 57.2 Å². The van der Waals surface area contributed by atoms with E-state index in [2.05, 4.69) is 16.7 Å². The molecule has 3 heterocycles. The lowest BCUT2D eigenvalue weighted by atomic mass is 9.75. The van der Waals surface area contributed by atoms with Gasteiger partial charge in [-0.1, -0.05) is 0 Å². The normalized spacial score (nSPS) is 42.4. The van der Waals surface area contributed by atoms with Crippen LogP contribution in [0.1, 0.15) is 39.0 Å². The van der Waals surface area contributed by atoms with Gasteiger partial charge in [0.2, 0.25) is 5.91 Å². The van der Waals surface area contributed by atoms with Gasteiger partial charge in [0.05, 0.1) is 0 Å². The zero-order valence-electron chi connectivity index (χ0n) is 15.0. The van der Waals surface area contributed by atoms with Gasteiger partial charge in [0.15, 0.2) is 0 Å². The SMILES string of the molecule is CCN(C(=O)[C@H]1[C@@H]2CN(C3C[C@@H]4CC[C@H]3CN4C(=O)O)C[C@@H]21)C1CC1. The van der Waals surface area contributed by atoms with E-state index in [1.807, 2.05) is 0 Å². The number of hydrogen-bond donors (Lipinski definition) is 1. The molecular weight excluding hydrogens is 318 g/mol. The molecule has 6 rings (SSSR count). The largest absolute Gasteiger partial charge is 0.465 e. The highest BCUT2D eigenvalue weighted by molar-refractivity contribution is 5.83. The molecule has 6 atom stereocenters. The van der Waals surface area contributed by atoms with Crippen LogP contribution in [0, 0.1) is 23.7 Å². The number of amides is 2. The van der Waals surface area contributed by atoms with Crippen LogP contribution < -0.4 is 0 Å². The lowest BCUT2D eigenvalue weighted by molar-refractivity contribution is -0.134. The van der Waals surface area contributed by atoms with Crippen LogP contribution >= 0.6 is 0 Å². The number of carboxylic acid groups (broad SMARTS) is 1. The first kappa shape index (κ1) is 15.9. The first-order valence-electron chi connectivity index (χ1n) is 10.1. The Balaban J connectivity index is 1.19. The molecule has 25 heavy (non-hydrogen) atoms. The van der Waals surface area contributed by atoms with Crippen LogP contribution in [0.5, 0.6) is 0 Å². The van der Waals surface area contributed by atoms with Crippen LogP contribution in [0.4, 0.5) is 4.79 Å². The van der Waals surface area contributed by atoms with Crippen molar-refractivity contribution >= 4 is 12.0 Å². The van der Waals surface area contributed by atoms with Crippen molar-refractivity contribution in [2.24, 2.45) is 23.7 Å². The molecule has 3 saturated carbocycles. The van der Waals surface area contributed by atoms with E-state index in [9.17, 15) is 14.7 Å². The summed E-state index contributed by atoms with van der Waals surface area (Å²) in [5, 5.41) is 9.35. The molecule has 0 spiro atoms. The Morgan fingerprint density at radius 2 is 1.80 bits per heavy atom. The molecule has 6 heteroatoms. The van der Waals surface area contributed by atoms with E-state index in [-0.39, 0.29) is 12.0 Å². The van der Waals surface area contributed by atoms with Gasteiger partial charge >= 0.3 is 6.09 Å². The number of piperidine rings is 3. The zero-order valence-corrected chi connectivity index (χ0v) is 15.0. The smallest absolute Gasteiger partial charge is 0.407 e. The minimum atomic E-state index is -0.747. The molecule has 0 aromatic rings. The standard InChI is InChI=1S/C19H29N3O3/c1-2-21(12-5-6-12)18(23)17-14-9-20(10-15(14)17)16-7-13-4-3-11(16)8-22(13)19(24)25/h11-17H,2-10H2,1H3,(H,24,25)/t11-,13-,14-,15+,16?,17+/m0/s1. The molecule has 0 aromatic carbocycles. The average molecular weight is 347 g/mol. The summed E-state index contributed by atoms with van der Waals surface area (Å²) >= 11 is 0. The van der Waals surface area contributed by atoms with Gasteiger partial charge in [0, 0.05) is 50.2 Å². The lowest BCUT2D eigenvalue weighted by Gasteiger charge is -2.51. The molecule has 2 amide bonds. The fourth-order valence-electron chi connectivity index (χ4n) is 6.13. The molecular formula is C19H29N3O3. The maximum Gasteiger partial charge on any atom is 0.407 e. The maximum absolute atomic E-state index is 12.8. The third-order valence-corrected chi connectivity index (χ3v) is 7.63. The van der Waals surface area contributed by atoms with Gasteiger partial charge in [-0.2, -0.15) is 0 Å². The number of fused-ring (bicyclic) bond motifs is 4. The molecule has 6 nitrogen and oxygen atoms in total. The third-order valence-electron chi connectivity index (χ3n) is 7.63. The molecule has 0 aromatic heterocycles. The van der Waals surface area contributed by atoms with Crippen LogP contribution in [-0.2, 0) is 4.79 Å². The molecule has 3 aliphatic heterocycles. The van der Waals surface area contributed by atoms with Gasteiger partial charge in [-0.25, -0.2) is 4.79 Å². The Bertz CT molecular complexity index is 580. The number of carbonyl (C=O) groups excluding carboxylic acids is 1. The molecule has 1 unspecified atom stereocenters. The maximum atomic E-state index is 12.8. The number of nitrogens with zero attached hydrogens (tertiary/aromatic N) is 3. The van der Waals surface area contributed by atoms with Crippen LogP contribution in [0.25, 0.3) is 0 Å². The van der Waals surface area contributed by atoms with Crippen LogP contribution in [0.15, 0.2) is 0 Å². The van der Waals surface area contributed by atoms with Crippen molar-refractivity contribution in [3.05, 3.63) is 0 Å². The Hall–Kier alpha value is -1.30. The van der Waals surface area contributed by atoms with Crippen molar-refractivity contribution in [3.63, 3.8) is 0 Å². The van der Waals surface area contributed by atoms with Gasteiger partial charge in [-0.3, -0.25) is 9.69 Å². The van der Waals surface area contributed by atoms with Crippen LogP contribution in [-0.4, -0.2) is 76.1 Å². The summed E-state index contributed by atoms with van der Waals surface area (Å²) in [7, 11) is 0. The van der Waals surface area contributed by atoms with Crippen molar-refractivity contribution < 1.29 is 14.7 Å². The summed E-state index contributed by atoms with van der Waals surface area (Å²) in [6, 6.07) is 1.29. The number of hydrogen-bond acceptors (Lipinski definition) is 3. The summed E-state index contributed by atoms with van der Waals surface area (Å²) in [6.07, 6.45) is 4.83. The lowest BCUT2D eigenvalue weighted by Crippen LogP contribution is -2.60. The minimum Gasteiger partial charge on any atom is -0.465 e. The van der Waals surface area contributed by atoms with Crippen LogP contribution in [0.2, 0.25) is 0 Å². The summed E-state index contributed by atoms with van der Waals surface area (Å²) < 4.78 is 0. The first-order chi connectivity index (χ1) is 12.1. The summed E-state index contributed by atoms with van der Waals surface area (Å²) in [6.45, 7) is 5.80. The van der Waals surface area contributed by atoms with Crippen molar-refractivity contribution in [3.8, 4) is 0 Å². The van der Waals surface area contributed by atoms with Crippen molar-refractivity contribution in [1.82, 2.24) is 14.7 Å². The van der Waals surface area contributed by atoms with Gasteiger partial charge in [0.25, 0.3) is 0 Å². The Morgan fingerprint density at radius 3 is 2.32 bits per heavy atom. The fraction of sp³-hybridized carbons (Fsp3) is 0.895. The van der Waals surface area contributed by atoms with E-state index in [1.165, 1.54) is 19.3 Å². The van der Waals surface area contributed by atoms with E-state index in [0.717, 1.165) is 32.5 Å². The quantitative estimate of drug-likeness (QED) is 0.841. The van der Waals surface area contributed by atoms with Crippen LogP contribution in [0.3, 0.4) is 0 Å². The zero-order chi connectivity index (χ0) is 17.3. The predicted octanol–water partition coefficient (Wildman–Crippen LogP) is 1.71. The summed E-state index contributed by atoms with van der Waals surface area (Å²) in [5.74, 6) is 2.33. The average Bonchev–Trinajstić information content (AvgIpc) is 3.53. The Labute approximate surface area is 149 Å². The molecule has 3 aliphatic carbocycles. The predicted molar refractivity (Wildman–Crippen MR) is 92.1 cm³/mol. The highest BCUT2D eigenvalue weighted by Crippen LogP contribution is 2.55. The van der Waals surface area contributed by atoms with Gasteiger partial charge in [-0.15, -0.1) is 0 Å². The second-order valence-corrected chi connectivity index (χ2v) is 8.89. The molecule has 0 radical (unpaired) electrons.